The van der Waals surface area contributed by atoms with Gasteiger partial charge in [-0.15, -0.1) is 0 Å². The Kier molecular flexibility index (Phi) is 6.36. The van der Waals surface area contributed by atoms with Crippen LogP contribution in [-0.4, -0.2) is 46.6 Å². The summed E-state index contributed by atoms with van der Waals surface area (Å²) in [6, 6.07) is 16.4. The number of aromatic nitrogens is 2. The number of benzene rings is 2. The first-order chi connectivity index (χ1) is 16.4. The van der Waals surface area contributed by atoms with Crippen molar-refractivity contribution in [2.75, 3.05) is 18.6 Å². The summed E-state index contributed by atoms with van der Waals surface area (Å²) >= 11 is 0. The second-order valence-corrected chi connectivity index (χ2v) is 8.07. The lowest BCUT2D eigenvalue weighted by atomic mass is 9.93. The maximum absolute atomic E-state index is 13.8. The van der Waals surface area contributed by atoms with Crippen LogP contribution in [0, 0.1) is 0 Å². The summed E-state index contributed by atoms with van der Waals surface area (Å²) in [7, 11) is 1.23. The topological polar surface area (TPSA) is 103 Å². The van der Waals surface area contributed by atoms with Gasteiger partial charge in [0.05, 0.1) is 26.6 Å². The zero-order valence-electron chi connectivity index (χ0n) is 19.3. The number of carbonyl (C=O) groups excluding carboxylic acids is 3. The monoisotopic (exact) mass is 462 g/mol. The van der Waals surface area contributed by atoms with Crippen molar-refractivity contribution < 1.29 is 23.9 Å². The Morgan fingerprint density at radius 1 is 1.12 bits per heavy atom. The molecule has 4 rings (SSSR count). The number of imidazole rings is 1. The largest absolute Gasteiger partial charge is 0.494 e. The standard InChI is InChI=1S/C25H26N4O5/c1-4-34-19-12-10-18(11-13-19)29-22(30)21-20(23(31)33-3)27-16-28(21)15-25(29,2)24(32)26-14-17-8-6-5-7-9-17/h5-13,16H,4,14-15H2,1-3H3,(H,26,32)/t25-/m1/s1. The minimum absolute atomic E-state index is 0.0778. The number of nitrogens with zero attached hydrogens (tertiary/aromatic N) is 3. The van der Waals surface area contributed by atoms with Gasteiger partial charge in [-0.2, -0.15) is 0 Å². The third-order valence-corrected chi connectivity index (χ3v) is 5.78. The van der Waals surface area contributed by atoms with Gasteiger partial charge >= 0.3 is 5.97 Å². The molecule has 9 nitrogen and oxygen atoms in total. The van der Waals surface area contributed by atoms with Gasteiger partial charge < -0.3 is 19.4 Å². The van der Waals surface area contributed by atoms with E-state index < -0.39 is 17.4 Å². The quantitative estimate of drug-likeness (QED) is 0.542. The highest BCUT2D eigenvalue weighted by molar-refractivity contribution is 6.15. The molecule has 2 amide bonds. The van der Waals surface area contributed by atoms with E-state index in [9.17, 15) is 14.4 Å². The Morgan fingerprint density at radius 2 is 1.82 bits per heavy atom. The first-order valence-corrected chi connectivity index (χ1v) is 10.9. The van der Waals surface area contributed by atoms with Crippen LogP contribution in [0.15, 0.2) is 60.9 Å². The average Bonchev–Trinajstić information content (AvgIpc) is 3.27. The molecule has 176 valence electrons. The molecule has 2 heterocycles. The van der Waals surface area contributed by atoms with Crippen LogP contribution in [0.4, 0.5) is 5.69 Å². The number of rotatable bonds is 7. The smallest absolute Gasteiger partial charge is 0.359 e. The highest BCUT2D eigenvalue weighted by Crippen LogP contribution is 2.34. The maximum Gasteiger partial charge on any atom is 0.359 e. The van der Waals surface area contributed by atoms with Crippen molar-refractivity contribution in [1.82, 2.24) is 14.9 Å². The Hall–Kier alpha value is -4.14. The number of esters is 1. The molecule has 0 spiro atoms. The predicted octanol–water partition coefficient (Wildman–Crippen LogP) is 2.80. The molecule has 0 radical (unpaired) electrons. The number of nitrogens with one attached hydrogen (secondary N) is 1. The molecule has 1 aromatic heterocycles. The van der Waals surface area contributed by atoms with E-state index in [0.29, 0.717) is 24.6 Å². The Bertz CT molecular complexity index is 1210. The molecule has 0 aliphatic carbocycles. The molecular formula is C25H26N4O5. The van der Waals surface area contributed by atoms with Gasteiger partial charge in [0.15, 0.2) is 5.69 Å². The second kappa shape index (κ2) is 9.38. The average molecular weight is 463 g/mol. The van der Waals surface area contributed by atoms with Crippen molar-refractivity contribution in [1.29, 1.82) is 0 Å². The molecule has 1 aliphatic rings. The van der Waals surface area contributed by atoms with Crippen LogP contribution in [0.2, 0.25) is 0 Å². The number of fused-ring (bicyclic) bond motifs is 1. The summed E-state index contributed by atoms with van der Waals surface area (Å²) in [4.78, 5) is 45.1. The summed E-state index contributed by atoms with van der Waals surface area (Å²) in [6.07, 6.45) is 1.39. The Balaban J connectivity index is 1.74. The van der Waals surface area contributed by atoms with Gasteiger partial charge in [0.2, 0.25) is 5.91 Å². The number of hydrogen-bond donors (Lipinski definition) is 1. The number of methoxy groups -OCH3 is 1. The number of amides is 2. The zero-order valence-corrected chi connectivity index (χ0v) is 19.3. The fraction of sp³-hybridized carbons (Fsp3) is 0.280. The van der Waals surface area contributed by atoms with E-state index >= 15 is 0 Å². The van der Waals surface area contributed by atoms with Crippen LogP contribution in [0.5, 0.6) is 5.75 Å². The van der Waals surface area contributed by atoms with Crippen molar-refractivity contribution in [3.63, 3.8) is 0 Å². The molecule has 0 bridgehead atoms. The molecule has 0 saturated carbocycles. The van der Waals surface area contributed by atoms with Gasteiger partial charge in [0, 0.05) is 12.2 Å². The SMILES string of the molecule is CCOc1ccc(N2C(=O)c3c(C(=O)OC)ncn3C[C@]2(C)C(=O)NCc2ccccc2)cc1. The Morgan fingerprint density at radius 3 is 2.47 bits per heavy atom. The van der Waals surface area contributed by atoms with Crippen molar-refractivity contribution >= 4 is 23.5 Å². The molecule has 9 heteroatoms. The lowest BCUT2D eigenvalue weighted by Crippen LogP contribution is -2.64. The van der Waals surface area contributed by atoms with Gasteiger partial charge in [-0.25, -0.2) is 9.78 Å². The van der Waals surface area contributed by atoms with E-state index in [1.54, 1.807) is 31.2 Å². The lowest BCUT2D eigenvalue weighted by molar-refractivity contribution is -0.126. The number of carbonyl (C=O) groups is 3. The van der Waals surface area contributed by atoms with Crippen molar-refractivity contribution in [2.24, 2.45) is 0 Å². The molecule has 1 N–H and O–H groups in total. The van der Waals surface area contributed by atoms with Crippen LogP contribution < -0.4 is 15.0 Å². The molecule has 0 fully saturated rings. The highest BCUT2D eigenvalue weighted by Gasteiger charge is 2.49. The fourth-order valence-electron chi connectivity index (χ4n) is 4.11. The molecule has 1 atom stereocenters. The van der Waals surface area contributed by atoms with E-state index in [0.717, 1.165) is 5.56 Å². The minimum atomic E-state index is -1.29. The van der Waals surface area contributed by atoms with Gasteiger partial charge in [-0.05, 0) is 43.7 Å². The van der Waals surface area contributed by atoms with Gasteiger partial charge in [-0.3, -0.25) is 14.5 Å². The maximum atomic E-state index is 13.8. The third kappa shape index (κ3) is 4.12. The van der Waals surface area contributed by atoms with Crippen LogP contribution >= 0.6 is 0 Å². The minimum Gasteiger partial charge on any atom is -0.494 e. The van der Waals surface area contributed by atoms with Crippen molar-refractivity contribution in [3.8, 4) is 5.75 Å². The molecule has 2 aromatic carbocycles. The van der Waals surface area contributed by atoms with Crippen LogP contribution in [-0.2, 0) is 22.6 Å². The van der Waals surface area contributed by atoms with Gasteiger partial charge in [0.1, 0.15) is 17.0 Å². The first-order valence-electron chi connectivity index (χ1n) is 10.9. The van der Waals surface area contributed by atoms with Gasteiger partial charge in [-0.1, -0.05) is 30.3 Å². The van der Waals surface area contributed by atoms with Crippen molar-refractivity contribution in [2.45, 2.75) is 32.5 Å². The van der Waals surface area contributed by atoms with E-state index in [1.807, 2.05) is 37.3 Å². The summed E-state index contributed by atoms with van der Waals surface area (Å²) in [5.41, 5.74) is 0.129. The number of hydrogen-bond acceptors (Lipinski definition) is 6. The summed E-state index contributed by atoms with van der Waals surface area (Å²) in [5, 5.41) is 2.95. The van der Waals surface area contributed by atoms with E-state index in [4.69, 9.17) is 9.47 Å². The zero-order chi connectivity index (χ0) is 24.3. The number of ether oxygens (including phenoxy) is 2. The Labute approximate surface area is 197 Å². The van der Waals surface area contributed by atoms with Crippen LogP contribution in [0.1, 0.15) is 40.4 Å². The normalized spacial score (nSPS) is 17.1. The van der Waals surface area contributed by atoms with Gasteiger partial charge in [0.25, 0.3) is 5.91 Å². The predicted molar refractivity (Wildman–Crippen MR) is 125 cm³/mol. The molecule has 0 unspecified atom stereocenters. The number of anilines is 1. The van der Waals surface area contributed by atoms with Crippen LogP contribution in [0.25, 0.3) is 0 Å². The fourth-order valence-corrected chi connectivity index (χ4v) is 4.11. The molecule has 34 heavy (non-hydrogen) atoms. The van der Waals surface area contributed by atoms with E-state index in [2.05, 4.69) is 10.3 Å². The summed E-state index contributed by atoms with van der Waals surface area (Å²) in [5.74, 6) is -0.930. The third-order valence-electron chi connectivity index (χ3n) is 5.78. The summed E-state index contributed by atoms with van der Waals surface area (Å²) in [6.45, 7) is 4.49. The lowest BCUT2D eigenvalue weighted by Gasteiger charge is -2.43. The molecule has 1 aliphatic heterocycles. The van der Waals surface area contributed by atoms with Crippen LogP contribution in [0.3, 0.4) is 0 Å². The van der Waals surface area contributed by atoms with Crippen molar-refractivity contribution in [3.05, 3.63) is 77.9 Å². The summed E-state index contributed by atoms with van der Waals surface area (Å²) < 4.78 is 11.8. The molecule has 0 saturated heterocycles. The highest BCUT2D eigenvalue weighted by atomic mass is 16.5. The van der Waals surface area contributed by atoms with E-state index in [-0.39, 0.29) is 23.8 Å². The molecular weight excluding hydrogens is 436 g/mol. The second-order valence-electron chi connectivity index (χ2n) is 8.07. The molecule has 3 aromatic rings. The van der Waals surface area contributed by atoms with E-state index in [1.165, 1.54) is 22.9 Å². The first kappa shape index (κ1) is 23.0.